The summed E-state index contributed by atoms with van der Waals surface area (Å²) in [6.07, 6.45) is 6.17. The minimum atomic E-state index is -3.97. The van der Waals surface area contributed by atoms with Crippen LogP contribution in [0.25, 0.3) is 0 Å². The SMILES string of the molecule is Cc1cc2c(c(C(=O)NCCc3ccc(S(=O)(=O)NC(=O)NC4CCC(C)CC4)cc3)c1)OCCC2. The molecule has 3 N–H and O–H groups in total. The molecule has 1 saturated carbocycles. The summed E-state index contributed by atoms with van der Waals surface area (Å²) in [6, 6.07) is 9.55. The van der Waals surface area contributed by atoms with Crippen LogP contribution in [0.2, 0.25) is 0 Å². The Morgan fingerprint density at radius 2 is 1.78 bits per heavy atom. The largest absolute Gasteiger partial charge is 0.492 e. The van der Waals surface area contributed by atoms with E-state index in [4.69, 9.17) is 4.74 Å². The highest BCUT2D eigenvalue weighted by molar-refractivity contribution is 7.90. The van der Waals surface area contributed by atoms with Gasteiger partial charge < -0.3 is 15.4 Å². The molecule has 0 spiro atoms. The third-order valence-electron chi connectivity index (χ3n) is 6.90. The maximum Gasteiger partial charge on any atom is 0.328 e. The van der Waals surface area contributed by atoms with Gasteiger partial charge in [0, 0.05) is 12.6 Å². The number of aryl methyl sites for hydroxylation is 2. The Balaban J connectivity index is 1.28. The molecule has 1 heterocycles. The highest BCUT2D eigenvalue weighted by Crippen LogP contribution is 2.30. The second-order valence-corrected chi connectivity index (χ2v) is 11.6. The van der Waals surface area contributed by atoms with Crippen molar-refractivity contribution in [1.82, 2.24) is 15.4 Å². The maximum atomic E-state index is 12.8. The average molecular weight is 514 g/mol. The number of nitrogens with one attached hydrogen (secondary N) is 3. The second-order valence-electron chi connectivity index (χ2n) is 9.94. The Morgan fingerprint density at radius 3 is 2.50 bits per heavy atom. The molecular weight excluding hydrogens is 478 g/mol. The van der Waals surface area contributed by atoms with Gasteiger partial charge in [0.05, 0.1) is 17.1 Å². The zero-order chi connectivity index (χ0) is 25.7. The molecule has 1 fully saturated rings. The van der Waals surface area contributed by atoms with Crippen LogP contribution in [0.3, 0.4) is 0 Å². The number of carbonyl (C=O) groups is 2. The quantitative estimate of drug-likeness (QED) is 0.520. The van der Waals surface area contributed by atoms with Crippen LogP contribution in [0.5, 0.6) is 5.75 Å². The molecule has 0 saturated heterocycles. The molecule has 1 aliphatic carbocycles. The van der Waals surface area contributed by atoms with Crippen molar-refractivity contribution in [3.8, 4) is 5.75 Å². The van der Waals surface area contributed by atoms with Gasteiger partial charge in [-0.05, 0) is 92.7 Å². The summed E-state index contributed by atoms with van der Waals surface area (Å²) in [6.45, 7) is 5.16. The van der Waals surface area contributed by atoms with E-state index >= 15 is 0 Å². The molecule has 3 amide bonds. The van der Waals surface area contributed by atoms with E-state index in [0.717, 1.165) is 55.2 Å². The first kappa shape index (κ1) is 26.0. The van der Waals surface area contributed by atoms with Gasteiger partial charge in [0.2, 0.25) is 0 Å². The number of hydrogen-bond acceptors (Lipinski definition) is 5. The van der Waals surface area contributed by atoms with Crippen LogP contribution in [0.1, 0.15) is 66.1 Å². The van der Waals surface area contributed by atoms with Crippen molar-refractivity contribution < 1.29 is 22.7 Å². The summed E-state index contributed by atoms with van der Waals surface area (Å²) in [5, 5.41) is 5.71. The predicted molar refractivity (Wildman–Crippen MR) is 138 cm³/mol. The first-order valence-electron chi connectivity index (χ1n) is 12.7. The van der Waals surface area contributed by atoms with Crippen molar-refractivity contribution in [3.05, 3.63) is 58.7 Å². The zero-order valence-corrected chi connectivity index (χ0v) is 21.7. The number of amides is 3. The molecule has 4 rings (SSSR count). The van der Waals surface area contributed by atoms with E-state index < -0.39 is 16.1 Å². The minimum Gasteiger partial charge on any atom is -0.492 e. The third-order valence-corrected chi connectivity index (χ3v) is 8.25. The van der Waals surface area contributed by atoms with Crippen LogP contribution in [-0.2, 0) is 22.9 Å². The Labute approximate surface area is 213 Å². The van der Waals surface area contributed by atoms with E-state index in [-0.39, 0.29) is 16.8 Å². The van der Waals surface area contributed by atoms with Gasteiger partial charge >= 0.3 is 6.03 Å². The second kappa shape index (κ2) is 11.3. The van der Waals surface area contributed by atoms with Crippen molar-refractivity contribution >= 4 is 22.0 Å². The Bertz CT molecular complexity index is 1200. The van der Waals surface area contributed by atoms with E-state index in [1.54, 1.807) is 12.1 Å². The van der Waals surface area contributed by atoms with Crippen molar-refractivity contribution in [1.29, 1.82) is 0 Å². The summed E-state index contributed by atoms with van der Waals surface area (Å²) < 4.78 is 33.1. The lowest BCUT2D eigenvalue weighted by Crippen LogP contribution is -2.45. The number of hydrogen-bond donors (Lipinski definition) is 3. The van der Waals surface area contributed by atoms with E-state index in [1.165, 1.54) is 12.1 Å². The van der Waals surface area contributed by atoms with Gasteiger partial charge in [0.25, 0.3) is 15.9 Å². The lowest BCUT2D eigenvalue weighted by molar-refractivity contribution is 0.0949. The van der Waals surface area contributed by atoms with Crippen LogP contribution < -0.4 is 20.1 Å². The lowest BCUT2D eigenvalue weighted by Gasteiger charge is -2.26. The molecule has 0 unspecified atom stereocenters. The summed E-state index contributed by atoms with van der Waals surface area (Å²) in [7, 11) is -3.97. The molecule has 2 aliphatic rings. The molecule has 0 bridgehead atoms. The number of fused-ring (bicyclic) bond motifs is 1. The lowest BCUT2D eigenvalue weighted by atomic mass is 9.87. The average Bonchev–Trinajstić information content (AvgIpc) is 2.85. The number of rotatable bonds is 7. The normalized spacial score (nSPS) is 19.5. The monoisotopic (exact) mass is 513 g/mol. The van der Waals surface area contributed by atoms with Gasteiger partial charge in [-0.25, -0.2) is 17.9 Å². The molecule has 194 valence electrons. The Morgan fingerprint density at radius 1 is 1.06 bits per heavy atom. The first-order chi connectivity index (χ1) is 17.2. The summed E-state index contributed by atoms with van der Waals surface area (Å²) in [5.74, 6) is 1.13. The highest BCUT2D eigenvalue weighted by Gasteiger charge is 2.23. The van der Waals surface area contributed by atoms with E-state index in [1.807, 2.05) is 13.0 Å². The van der Waals surface area contributed by atoms with Gasteiger partial charge in [-0.15, -0.1) is 0 Å². The molecule has 8 nitrogen and oxygen atoms in total. The molecule has 0 aromatic heterocycles. The molecule has 9 heteroatoms. The van der Waals surface area contributed by atoms with Gasteiger partial charge in [-0.2, -0.15) is 0 Å². The van der Waals surface area contributed by atoms with Gasteiger partial charge in [-0.3, -0.25) is 4.79 Å². The standard InChI is InChI=1S/C27H35N3O5S/c1-18-5-9-22(10-6-18)29-27(32)30-36(33,34)23-11-7-20(8-12-23)13-14-28-26(31)24-17-19(2)16-21-4-3-15-35-25(21)24/h7-8,11-12,16-18,22H,3-6,9-10,13-15H2,1-2H3,(H,28,31)(H2,29,30,32). The zero-order valence-electron chi connectivity index (χ0n) is 20.9. The van der Waals surface area contributed by atoms with Gasteiger partial charge in [0.15, 0.2) is 0 Å². The number of urea groups is 1. The number of sulfonamides is 1. The van der Waals surface area contributed by atoms with Gasteiger partial charge in [0.1, 0.15) is 5.75 Å². The molecule has 2 aromatic carbocycles. The molecule has 36 heavy (non-hydrogen) atoms. The van der Waals surface area contributed by atoms with E-state index in [0.29, 0.717) is 36.8 Å². The van der Waals surface area contributed by atoms with Gasteiger partial charge in [-0.1, -0.05) is 25.1 Å². The molecule has 2 aromatic rings. The fraction of sp³-hybridized carbons (Fsp3) is 0.481. The minimum absolute atomic E-state index is 0.00542. The van der Waals surface area contributed by atoms with Crippen LogP contribution in [0.4, 0.5) is 4.79 Å². The topological polar surface area (TPSA) is 114 Å². The number of carbonyl (C=O) groups excluding carboxylic acids is 2. The van der Waals surface area contributed by atoms with Crippen molar-refractivity contribution in [2.24, 2.45) is 5.92 Å². The van der Waals surface area contributed by atoms with Crippen molar-refractivity contribution in [2.45, 2.75) is 69.7 Å². The summed E-state index contributed by atoms with van der Waals surface area (Å²) in [4.78, 5) is 25.0. The summed E-state index contributed by atoms with van der Waals surface area (Å²) in [5.41, 5.74) is 3.52. The first-order valence-corrected chi connectivity index (χ1v) is 14.2. The predicted octanol–water partition coefficient (Wildman–Crippen LogP) is 3.86. The van der Waals surface area contributed by atoms with Crippen LogP contribution in [0, 0.1) is 12.8 Å². The van der Waals surface area contributed by atoms with Crippen molar-refractivity contribution in [2.75, 3.05) is 13.2 Å². The van der Waals surface area contributed by atoms with Crippen molar-refractivity contribution in [3.63, 3.8) is 0 Å². The van der Waals surface area contributed by atoms with Crippen LogP contribution in [0.15, 0.2) is 41.3 Å². The molecule has 1 aliphatic heterocycles. The maximum absolute atomic E-state index is 12.8. The smallest absolute Gasteiger partial charge is 0.328 e. The van der Waals surface area contributed by atoms with E-state index in [2.05, 4.69) is 28.3 Å². The van der Waals surface area contributed by atoms with Crippen LogP contribution >= 0.6 is 0 Å². The Kier molecular flexibility index (Phi) is 8.18. The Hall–Kier alpha value is -3.07. The summed E-state index contributed by atoms with van der Waals surface area (Å²) >= 11 is 0. The fourth-order valence-corrected chi connectivity index (χ4v) is 5.78. The molecule has 0 atom stereocenters. The molecule has 0 radical (unpaired) electrons. The highest BCUT2D eigenvalue weighted by atomic mass is 32.2. The van der Waals surface area contributed by atoms with E-state index in [9.17, 15) is 18.0 Å². The number of benzene rings is 2. The third kappa shape index (κ3) is 6.57. The molecular formula is C27H35N3O5S. The fourth-order valence-electron chi connectivity index (χ4n) is 4.86. The van der Waals surface area contributed by atoms with Crippen LogP contribution in [-0.4, -0.2) is 39.5 Å². The number of ether oxygens (including phenoxy) is 1.